The lowest BCUT2D eigenvalue weighted by Gasteiger charge is -2.36. The highest BCUT2D eigenvalue weighted by Gasteiger charge is 2.34. The third kappa shape index (κ3) is 5.70. The van der Waals surface area contributed by atoms with Gasteiger partial charge in [0.25, 0.3) is 0 Å². The van der Waals surface area contributed by atoms with Gasteiger partial charge >= 0.3 is 0 Å². The van der Waals surface area contributed by atoms with Gasteiger partial charge in [0.2, 0.25) is 5.91 Å². The van der Waals surface area contributed by atoms with Crippen LogP contribution in [0.5, 0.6) is 0 Å². The maximum Gasteiger partial charge on any atom is 0.223 e. The monoisotopic (exact) mass is 372 g/mol. The number of hydrogen-bond acceptors (Lipinski definition) is 3. The Morgan fingerprint density at radius 1 is 1.11 bits per heavy atom. The molecule has 2 fully saturated rings. The fourth-order valence-corrected chi connectivity index (χ4v) is 3.52. The second-order valence-electron chi connectivity index (χ2n) is 7.45. The van der Waals surface area contributed by atoms with Crippen molar-refractivity contribution in [2.45, 2.75) is 38.0 Å². The average Bonchev–Trinajstić information content (AvgIpc) is 3.56. The molecule has 3 rings (SSSR count). The van der Waals surface area contributed by atoms with Crippen LogP contribution in [0.25, 0.3) is 0 Å². The molecule has 0 bridgehead atoms. The van der Waals surface area contributed by atoms with E-state index in [9.17, 15) is 4.79 Å². The minimum absolute atomic E-state index is 0.0298. The van der Waals surface area contributed by atoms with Gasteiger partial charge in [-0.15, -0.1) is 0 Å². The molecule has 1 aromatic rings. The van der Waals surface area contributed by atoms with Gasteiger partial charge < -0.3 is 20.7 Å². The van der Waals surface area contributed by atoms with Crippen LogP contribution in [0, 0.1) is 5.92 Å². The summed E-state index contributed by atoms with van der Waals surface area (Å²) in [5.41, 5.74) is 1.37. The smallest absolute Gasteiger partial charge is 0.223 e. The van der Waals surface area contributed by atoms with E-state index < -0.39 is 0 Å². The molecule has 1 heterocycles. The zero-order valence-electron chi connectivity index (χ0n) is 16.3. The maximum absolute atomic E-state index is 11.7. The SMILES string of the molecule is CCNC(=NCC1(c2ccccc2)CCOCC1)NCCNC(=O)C1CC1. The van der Waals surface area contributed by atoms with Crippen molar-refractivity contribution in [3.05, 3.63) is 35.9 Å². The molecule has 148 valence electrons. The van der Waals surface area contributed by atoms with Crippen molar-refractivity contribution in [1.29, 1.82) is 0 Å². The van der Waals surface area contributed by atoms with E-state index in [2.05, 4.69) is 53.2 Å². The lowest BCUT2D eigenvalue weighted by Crippen LogP contribution is -2.43. The van der Waals surface area contributed by atoms with E-state index in [0.717, 1.165) is 57.9 Å². The molecule has 1 saturated carbocycles. The van der Waals surface area contributed by atoms with Crippen LogP contribution >= 0.6 is 0 Å². The van der Waals surface area contributed by atoms with Gasteiger partial charge in [0.15, 0.2) is 5.96 Å². The zero-order valence-corrected chi connectivity index (χ0v) is 16.3. The predicted molar refractivity (Wildman–Crippen MR) is 108 cm³/mol. The van der Waals surface area contributed by atoms with Crippen molar-refractivity contribution >= 4 is 11.9 Å². The second kappa shape index (κ2) is 9.74. The molecule has 1 amide bonds. The second-order valence-corrected chi connectivity index (χ2v) is 7.45. The summed E-state index contributed by atoms with van der Waals surface area (Å²) in [5.74, 6) is 1.25. The molecular weight excluding hydrogens is 340 g/mol. The molecule has 1 aliphatic heterocycles. The first-order chi connectivity index (χ1) is 13.2. The molecule has 0 unspecified atom stereocenters. The molecule has 1 saturated heterocycles. The highest BCUT2D eigenvalue weighted by molar-refractivity contribution is 5.81. The molecule has 2 aliphatic rings. The largest absolute Gasteiger partial charge is 0.381 e. The normalized spacial score (nSPS) is 19.4. The Kier molecular flexibility index (Phi) is 7.10. The number of benzene rings is 1. The number of ether oxygens (including phenoxy) is 1. The van der Waals surface area contributed by atoms with Crippen LogP contribution in [-0.4, -0.2) is 51.3 Å². The average molecular weight is 373 g/mol. The van der Waals surface area contributed by atoms with Crippen LogP contribution in [0.1, 0.15) is 38.2 Å². The van der Waals surface area contributed by atoms with Crippen molar-refractivity contribution < 1.29 is 9.53 Å². The van der Waals surface area contributed by atoms with Gasteiger partial charge in [-0.2, -0.15) is 0 Å². The van der Waals surface area contributed by atoms with Crippen molar-refractivity contribution in [3.8, 4) is 0 Å². The number of aliphatic imine (C=N–C) groups is 1. The highest BCUT2D eigenvalue weighted by Crippen LogP contribution is 2.35. The molecule has 3 N–H and O–H groups in total. The molecule has 1 aliphatic carbocycles. The van der Waals surface area contributed by atoms with Crippen LogP contribution in [-0.2, 0) is 14.9 Å². The summed E-state index contributed by atoms with van der Waals surface area (Å²) in [4.78, 5) is 16.6. The first-order valence-electron chi connectivity index (χ1n) is 10.2. The number of carbonyl (C=O) groups is 1. The first kappa shape index (κ1) is 19.7. The molecule has 0 radical (unpaired) electrons. The molecule has 1 aromatic carbocycles. The summed E-state index contributed by atoms with van der Waals surface area (Å²) in [6.45, 7) is 6.45. The van der Waals surface area contributed by atoms with Gasteiger partial charge in [0, 0.05) is 44.2 Å². The van der Waals surface area contributed by atoms with Crippen LogP contribution in [0.4, 0.5) is 0 Å². The van der Waals surface area contributed by atoms with Crippen molar-refractivity contribution in [2.24, 2.45) is 10.9 Å². The van der Waals surface area contributed by atoms with Gasteiger partial charge in [-0.3, -0.25) is 9.79 Å². The Morgan fingerprint density at radius 2 is 1.81 bits per heavy atom. The number of guanidine groups is 1. The first-order valence-corrected chi connectivity index (χ1v) is 10.2. The summed E-state index contributed by atoms with van der Waals surface area (Å²) in [5, 5.41) is 9.63. The minimum atomic E-state index is 0.0298. The van der Waals surface area contributed by atoms with E-state index in [1.807, 2.05) is 0 Å². The van der Waals surface area contributed by atoms with E-state index in [1.54, 1.807) is 0 Å². The number of rotatable bonds is 8. The number of carbonyl (C=O) groups excluding carboxylic acids is 1. The van der Waals surface area contributed by atoms with Crippen molar-refractivity contribution in [2.75, 3.05) is 39.4 Å². The van der Waals surface area contributed by atoms with Gasteiger partial charge in [-0.25, -0.2) is 0 Å². The minimum Gasteiger partial charge on any atom is -0.381 e. The summed E-state index contributed by atoms with van der Waals surface area (Å²) in [6, 6.07) is 10.7. The van der Waals surface area contributed by atoms with E-state index in [4.69, 9.17) is 9.73 Å². The third-order valence-corrected chi connectivity index (χ3v) is 5.38. The van der Waals surface area contributed by atoms with Crippen LogP contribution in [0.2, 0.25) is 0 Å². The van der Waals surface area contributed by atoms with Crippen LogP contribution < -0.4 is 16.0 Å². The Bertz CT molecular complexity index is 622. The summed E-state index contributed by atoms with van der Waals surface area (Å²) in [7, 11) is 0. The molecule has 6 nitrogen and oxygen atoms in total. The Balaban J connectivity index is 1.58. The number of amides is 1. The van der Waals surface area contributed by atoms with E-state index in [1.165, 1.54) is 5.56 Å². The molecule has 0 spiro atoms. The highest BCUT2D eigenvalue weighted by atomic mass is 16.5. The molecule has 0 aromatic heterocycles. The number of nitrogens with zero attached hydrogens (tertiary/aromatic N) is 1. The Labute approximate surface area is 162 Å². The van der Waals surface area contributed by atoms with E-state index in [0.29, 0.717) is 13.1 Å². The molecule has 27 heavy (non-hydrogen) atoms. The fraction of sp³-hybridized carbons (Fsp3) is 0.619. The standard InChI is InChI=1S/C21H32N4O2/c1-2-22-20(24-13-12-23-19(26)17-8-9-17)25-16-21(10-14-27-15-11-21)18-6-4-3-5-7-18/h3-7,17H,2,8-16H2,1H3,(H,23,26)(H2,22,24,25). The van der Waals surface area contributed by atoms with Gasteiger partial charge in [0.1, 0.15) is 0 Å². The number of hydrogen-bond donors (Lipinski definition) is 3. The molecular formula is C21H32N4O2. The van der Waals surface area contributed by atoms with Crippen LogP contribution in [0.15, 0.2) is 35.3 Å². The summed E-state index contributed by atoms with van der Waals surface area (Å²) in [6.07, 6.45) is 4.04. The summed E-state index contributed by atoms with van der Waals surface area (Å²) >= 11 is 0. The zero-order chi connectivity index (χ0) is 19.0. The Morgan fingerprint density at radius 3 is 2.48 bits per heavy atom. The predicted octanol–water partition coefficient (Wildman–Crippen LogP) is 1.82. The van der Waals surface area contributed by atoms with Crippen molar-refractivity contribution in [1.82, 2.24) is 16.0 Å². The lowest BCUT2D eigenvalue weighted by atomic mass is 9.74. The summed E-state index contributed by atoms with van der Waals surface area (Å²) < 4.78 is 5.61. The topological polar surface area (TPSA) is 74.8 Å². The van der Waals surface area contributed by atoms with E-state index in [-0.39, 0.29) is 17.2 Å². The van der Waals surface area contributed by atoms with Gasteiger partial charge in [0.05, 0.1) is 6.54 Å². The van der Waals surface area contributed by atoms with Crippen LogP contribution in [0.3, 0.4) is 0 Å². The quantitative estimate of drug-likeness (QED) is 0.370. The maximum atomic E-state index is 11.7. The molecule has 0 atom stereocenters. The van der Waals surface area contributed by atoms with Crippen molar-refractivity contribution in [3.63, 3.8) is 0 Å². The fourth-order valence-electron chi connectivity index (χ4n) is 3.52. The van der Waals surface area contributed by atoms with Gasteiger partial charge in [-0.05, 0) is 38.2 Å². The molecule has 6 heteroatoms. The van der Waals surface area contributed by atoms with E-state index >= 15 is 0 Å². The van der Waals surface area contributed by atoms with Gasteiger partial charge in [-0.1, -0.05) is 30.3 Å². The third-order valence-electron chi connectivity index (χ3n) is 5.38. The lowest BCUT2D eigenvalue weighted by molar-refractivity contribution is -0.122. The Hall–Kier alpha value is -2.08. The number of nitrogens with one attached hydrogen (secondary N) is 3.